The molecule has 6 nitrogen and oxygen atoms in total. The maximum absolute atomic E-state index is 12.3. The molecule has 1 saturated heterocycles. The molecule has 1 amide bonds. The molecule has 2 rings (SSSR count). The van der Waals surface area contributed by atoms with Crippen LogP contribution in [0, 0.1) is 5.41 Å². The van der Waals surface area contributed by atoms with Crippen LogP contribution in [-0.2, 0) is 4.79 Å². The van der Waals surface area contributed by atoms with Gasteiger partial charge in [-0.05, 0) is 38.8 Å². The lowest BCUT2D eigenvalue weighted by Gasteiger charge is -2.26. The lowest BCUT2D eigenvalue weighted by atomic mass is 9.84. The normalized spacial score (nSPS) is 23.7. The molecule has 0 atom stereocenters. The fourth-order valence-corrected chi connectivity index (χ4v) is 3.18. The molecule has 0 unspecified atom stereocenters. The molecule has 1 aliphatic carbocycles. The van der Waals surface area contributed by atoms with Crippen LogP contribution in [-0.4, -0.2) is 48.0 Å². The molecule has 0 aromatic carbocycles. The summed E-state index contributed by atoms with van der Waals surface area (Å²) >= 11 is 0. The van der Waals surface area contributed by atoms with Gasteiger partial charge in [-0.2, -0.15) is 0 Å². The highest BCUT2D eigenvalue weighted by Crippen LogP contribution is 2.38. The van der Waals surface area contributed by atoms with Crippen LogP contribution in [0.2, 0.25) is 0 Å². The first kappa shape index (κ1) is 14.1. The number of amides is 1. The van der Waals surface area contributed by atoms with E-state index in [1.54, 1.807) is 0 Å². The van der Waals surface area contributed by atoms with Crippen molar-refractivity contribution >= 4 is 11.7 Å². The van der Waals surface area contributed by atoms with E-state index in [-0.39, 0.29) is 11.7 Å². The van der Waals surface area contributed by atoms with Gasteiger partial charge in [-0.15, -0.1) is 0 Å². The lowest BCUT2D eigenvalue weighted by Crippen LogP contribution is -2.49. The van der Waals surface area contributed by atoms with Gasteiger partial charge in [0.1, 0.15) is 5.41 Å². The van der Waals surface area contributed by atoms with E-state index in [0.717, 1.165) is 32.5 Å². The summed E-state index contributed by atoms with van der Waals surface area (Å²) in [6.07, 6.45) is 5.77. The van der Waals surface area contributed by atoms with Crippen molar-refractivity contribution in [2.45, 2.75) is 38.5 Å². The molecular formula is C13H24N4O2. The maximum atomic E-state index is 12.3. The topological polar surface area (TPSA) is 91.0 Å². The van der Waals surface area contributed by atoms with Gasteiger partial charge in [0.05, 0.1) is 0 Å². The van der Waals surface area contributed by atoms with Crippen molar-refractivity contribution in [3.05, 3.63) is 0 Å². The molecule has 19 heavy (non-hydrogen) atoms. The SMILES string of the molecule is NC(=NO)C1(C(=O)NCCN2CCCC2)CCCC1. The highest BCUT2D eigenvalue weighted by molar-refractivity contribution is 6.07. The third-order valence-electron chi connectivity index (χ3n) is 4.40. The smallest absolute Gasteiger partial charge is 0.233 e. The molecule has 0 spiro atoms. The largest absolute Gasteiger partial charge is 0.409 e. The van der Waals surface area contributed by atoms with Crippen molar-refractivity contribution in [3.8, 4) is 0 Å². The number of nitrogens with two attached hydrogens (primary N) is 1. The van der Waals surface area contributed by atoms with Crippen LogP contribution in [0.4, 0.5) is 0 Å². The van der Waals surface area contributed by atoms with E-state index in [1.807, 2.05) is 0 Å². The summed E-state index contributed by atoms with van der Waals surface area (Å²) in [6, 6.07) is 0. The predicted molar refractivity (Wildman–Crippen MR) is 73.0 cm³/mol. The summed E-state index contributed by atoms with van der Waals surface area (Å²) in [5, 5.41) is 14.9. The number of nitrogens with one attached hydrogen (secondary N) is 1. The number of oxime groups is 1. The Bertz CT molecular complexity index is 345. The van der Waals surface area contributed by atoms with Gasteiger partial charge in [0, 0.05) is 13.1 Å². The summed E-state index contributed by atoms with van der Waals surface area (Å²) in [5.41, 5.74) is 4.96. The molecule has 108 valence electrons. The van der Waals surface area contributed by atoms with Gasteiger partial charge in [0.15, 0.2) is 5.84 Å². The van der Waals surface area contributed by atoms with E-state index >= 15 is 0 Å². The molecule has 2 fully saturated rings. The number of carbonyl (C=O) groups excluding carboxylic acids is 1. The quantitative estimate of drug-likeness (QED) is 0.293. The van der Waals surface area contributed by atoms with Crippen LogP contribution in [0.3, 0.4) is 0 Å². The molecule has 0 radical (unpaired) electrons. The Kier molecular flexibility index (Phi) is 4.63. The summed E-state index contributed by atoms with van der Waals surface area (Å²) in [6.45, 7) is 3.78. The minimum Gasteiger partial charge on any atom is -0.409 e. The maximum Gasteiger partial charge on any atom is 0.233 e. The van der Waals surface area contributed by atoms with E-state index < -0.39 is 5.41 Å². The molecule has 1 aliphatic heterocycles. The third kappa shape index (κ3) is 3.00. The van der Waals surface area contributed by atoms with Gasteiger partial charge in [-0.25, -0.2) is 0 Å². The summed E-state index contributed by atoms with van der Waals surface area (Å²) in [7, 11) is 0. The van der Waals surface area contributed by atoms with Crippen LogP contribution in [0.25, 0.3) is 0 Å². The fraction of sp³-hybridized carbons (Fsp3) is 0.846. The van der Waals surface area contributed by atoms with E-state index in [9.17, 15) is 4.79 Å². The Morgan fingerprint density at radius 3 is 2.47 bits per heavy atom. The second kappa shape index (κ2) is 6.23. The molecule has 6 heteroatoms. The number of carbonyl (C=O) groups is 1. The Balaban J connectivity index is 1.86. The molecule has 1 heterocycles. The average Bonchev–Trinajstić information content (AvgIpc) is 3.09. The number of amidine groups is 1. The van der Waals surface area contributed by atoms with Crippen LogP contribution >= 0.6 is 0 Å². The number of rotatable bonds is 5. The summed E-state index contributed by atoms with van der Waals surface area (Å²) in [4.78, 5) is 14.7. The van der Waals surface area contributed by atoms with Gasteiger partial charge in [-0.1, -0.05) is 18.0 Å². The highest BCUT2D eigenvalue weighted by Gasteiger charge is 2.45. The Hall–Kier alpha value is -1.30. The van der Waals surface area contributed by atoms with Crippen LogP contribution in [0.1, 0.15) is 38.5 Å². The zero-order chi connectivity index (χ0) is 13.7. The Morgan fingerprint density at radius 2 is 1.89 bits per heavy atom. The van der Waals surface area contributed by atoms with E-state index in [2.05, 4.69) is 15.4 Å². The number of nitrogens with zero attached hydrogens (tertiary/aromatic N) is 2. The second-order valence-electron chi connectivity index (χ2n) is 5.58. The minimum atomic E-state index is -0.778. The summed E-state index contributed by atoms with van der Waals surface area (Å²) in [5.74, 6) is -0.0248. The monoisotopic (exact) mass is 268 g/mol. The first-order valence-corrected chi connectivity index (χ1v) is 7.18. The number of hydrogen-bond acceptors (Lipinski definition) is 4. The first-order valence-electron chi connectivity index (χ1n) is 7.18. The number of likely N-dealkylation sites (tertiary alicyclic amines) is 1. The summed E-state index contributed by atoms with van der Waals surface area (Å²) < 4.78 is 0. The van der Waals surface area contributed by atoms with E-state index in [4.69, 9.17) is 10.9 Å². The third-order valence-corrected chi connectivity index (χ3v) is 4.40. The van der Waals surface area contributed by atoms with Gasteiger partial charge in [0.2, 0.25) is 5.91 Å². The first-order chi connectivity index (χ1) is 9.19. The van der Waals surface area contributed by atoms with Crippen molar-refractivity contribution in [1.29, 1.82) is 0 Å². The van der Waals surface area contributed by atoms with Gasteiger partial charge < -0.3 is 21.2 Å². The zero-order valence-electron chi connectivity index (χ0n) is 11.4. The standard InChI is InChI=1S/C13H24N4O2/c14-11(16-19)13(5-1-2-6-13)12(18)15-7-10-17-8-3-4-9-17/h19H,1-10H2,(H2,14,16)(H,15,18). The van der Waals surface area contributed by atoms with Crippen LogP contribution in [0.15, 0.2) is 5.16 Å². The molecule has 1 saturated carbocycles. The van der Waals surface area contributed by atoms with Crippen molar-refractivity contribution < 1.29 is 10.0 Å². The second-order valence-corrected chi connectivity index (χ2v) is 5.58. The van der Waals surface area contributed by atoms with Crippen LogP contribution < -0.4 is 11.1 Å². The lowest BCUT2D eigenvalue weighted by molar-refractivity contribution is -0.127. The van der Waals surface area contributed by atoms with Crippen molar-refractivity contribution in [2.24, 2.45) is 16.3 Å². The number of hydrogen-bond donors (Lipinski definition) is 3. The Labute approximate surface area is 114 Å². The molecule has 0 aromatic rings. The molecule has 0 aromatic heterocycles. The van der Waals surface area contributed by atoms with Crippen molar-refractivity contribution in [2.75, 3.05) is 26.2 Å². The van der Waals surface area contributed by atoms with Gasteiger partial charge in [-0.3, -0.25) is 4.79 Å². The minimum absolute atomic E-state index is 0.0590. The fourth-order valence-electron chi connectivity index (χ4n) is 3.18. The molecular weight excluding hydrogens is 244 g/mol. The Morgan fingerprint density at radius 1 is 1.26 bits per heavy atom. The molecule has 2 aliphatic rings. The zero-order valence-corrected chi connectivity index (χ0v) is 11.4. The molecule has 0 bridgehead atoms. The highest BCUT2D eigenvalue weighted by atomic mass is 16.4. The van der Waals surface area contributed by atoms with Gasteiger partial charge >= 0.3 is 0 Å². The average molecular weight is 268 g/mol. The van der Waals surface area contributed by atoms with E-state index in [0.29, 0.717) is 19.4 Å². The van der Waals surface area contributed by atoms with Crippen molar-refractivity contribution in [3.63, 3.8) is 0 Å². The van der Waals surface area contributed by atoms with E-state index in [1.165, 1.54) is 12.8 Å². The van der Waals surface area contributed by atoms with Crippen molar-refractivity contribution in [1.82, 2.24) is 10.2 Å². The predicted octanol–water partition coefficient (Wildman–Crippen LogP) is 0.505. The van der Waals surface area contributed by atoms with Gasteiger partial charge in [0.25, 0.3) is 0 Å². The van der Waals surface area contributed by atoms with Crippen LogP contribution in [0.5, 0.6) is 0 Å². The molecule has 4 N–H and O–H groups in total.